The van der Waals surface area contributed by atoms with E-state index in [1.54, 1.807) is 6.07 Å². The van der Waals surface area contributed by atoms with Gasteiger partial charge < -0.3 is 10.2 Å². The molecule has 0 unspecified atom stereocenters. The molecule has 0 saturated carbocycles. The molecule has 0 heterocycles. The van der Waals surface area contributed by atoms with Crippen LogP contribution >= 0.6 is 15.9 Å². The molecule has 0 fully saturated rings. The molecule has 2 N–H and O–H groups in total. The number of carboxylic acids is 2. The summed E-state index contributed by atoms with van der Waals surface area (Å²) >= 11 is 3.38. The second-order valence-corrected chi connectivity index (χ2v) is 6.34. The van der Waals surface area contributed by atoms with E-state index in [0.29, 0.717) is 5.56 Å². The Labute approximate surface area is 120 Å². The Kier molecular flexibility index (Phi) is 4.74. The summed E-state index contributed by atoms with van der Waals surface area (Å²) in [6.07, 6.45) is -0.0321. The minimum atomic E-state index is -1.42. The third-order valence-corrected chi connectivity index (χ3v) is 3.68. The predicted molar refractivity (Wildman–Crippen MR) is 75.3 cm³/mol. The van der Waals surface area contributed by atoms with E-state index in [2.05, 4.69) is 36.7 Å². The number of benzene rings is 1. The smallest absolute Gasteiger partial charge is 0.318 e. The van der Waals surface area contributed by atoms with Crippen molar-refractivity contribution >= 4 is 27.9 Å². The van der Waals surface area contributed by atoms with Crippen molar-refractivity contribution in [3.8, 4) is 0 Å². The monoisotopic (exact) mass is 328 g/mol. The summed E-state index contributed by atoms with van der Waals surface area (Å²) in [6.45, 7) is 6.23. The van der Waals surface area contributed by atoms with Gasteiger partial charge in [0.25, 0.3) is 0 Å². The molecule has 0 atom stereocenters. The van der Waals surface area contributed by atoms with Gasteiger partial charge in [0.1, 0.15) is 0 Å². The van der Waals surface area contributed by atoms with Crippen molar-refractivity contribution in [1.29, 1.82) is 0 Å². The van der Waals surface area contributed by atoms with E-state index in [9.17, 15) is 9.59 Å². The summed E-state index contributed by atoms with van der Waals surface area (Å²) in [5.41, 5.74) is 1.77. The summed E-state index contributed by atoms with van der Waals surface area (Å²) in [7, 11) is 0. The van der Waals surface area contributed by atoms with Crippen LogP contribution in [0.3, 0.4) is 0 Å². The van der Waals surface area contributed by atoms with Gasteiger partial charge in [-0.25, -0.2) is 0 Å². The van der Waals surface area contributed by atoms with Crippen LogP contribution in [0.15, 0.2) is 22.7 Å². The van der Waals surface area contributed by atoms with Crippen molar-refractivity contribution in [2.24, 2.45) is 5.92 Å². The fraction of sp³-hybridized carbons (Fsp3) is 0.429. The lowest BCUT2D eigenvalue weighted by atomic mass is 9.86. The van der Waals surface area contributed by atoms with Crippen molar-refractivity contribution in [3.63, 3.8) is 0 Å². The van der Waals surface area contributed by atoms with Crippen molar-refractivity contribution in [1.82, 2.24) is 0 Å². The van der Waals surface area contributed by atoms with E-state index in [4.69, 9.17) is 10.2 Å². The van der Waals surface area contributed by atoms with Gasteiger partial charge in [-0.3, -0.25) is 9.59 Å². The molecule has 0 aliphatic carbocycles. The molecule has 0 saturated heterocycles. The van der Waals surface area contributed by atoms with Crippen LogP contribution in [0.25, 0.3) is 0 Å². The van der Waals surface area contributed by atoms with E-state index in [1.165, 1.54) is 0 Å². The molecule has 19 heavy (non-hydrogen) atoms. The standard InChI is InChI=1S/C14H17BrO4/c1-14(2,3)9-5-4-8(11(15)7-9)6-10(12(16)17)13(18)19/h4-5,7,10H,6H2,1-3H3,(H,16,17)(H,18,19). The van der Waals surface area contributed by atoms with Gasteiger partial charge in [0.15, 0.2) is 5.92 Å². The van der Waals surface area contributed by atoms with Crippen molar-refractivity contribution in [3.05, 3.63) is 33.8 Å². The highest BCUT2D eigenvalue weighted by Gasteiger charge is 2.27. The number of hydrogen-bond acceptors (Lipinski definition) is 2. The van der Waals surface area contributed by atoms with Gasteiger partial charge in [-0.15, -0.1) is 0 Å². The Morgan fingerprint density at radius 2 is 1.74 bits per heavy atom. The molecule has 0 aromatic heterocycles. The first kappa shape index (κ1) is 15.7. The number of rotatable bonds is 4. The number of hydrogen-bond donors (Lipinski definition) is 2. The second-order valence-electron chi connectivity index (χ2n) is 5.49. The zero-order valence-electron chi connectivity index (χ0n) is 11.1. The van der Waals surface area contributed by atoms with Crippen LogP contribution in [0.4, 0.5) is 0 Å². The average molecular weight is 329 g/mol. The first-order valence-corrected chi connectivity index (χ1v) is 6.66. The summed E-state index contributed by atoms with van der Waals surface area (Å²) < 4.78 is 0.743. The van der Waals surface area contributed by atoms with E-state index in [-0.39, 0.29) is 11.8 Å². The lowest BCUT2D eigenvalue weighted by molar-refractivity contribution is -0.154. The zero-order chi connectivity index (χ0) is 14.8. The molecule has 0 aliphatic rings. The van der Waals surface area contributed by atoms with Gasteiger partial charge in [0.05, 0.1) is 0 Å². The predicted octanol–water partition coefficient (Wildman–Crippen LogP) is 3.07. The van der Waals surface area contributed by atoms with E-state index in [1.807, 2.05) is 12.1 Å². The lowest BCUT2D eigenvalue weighted by Crippen LogP contribution is -2.25. The van der Waals surface area contributed by atoms with Gasteiger partial charge in [0, 0.05) is 4.47 Å². The fourth-order valence-electron chi connectivity index (χ4n) is 1.68. The van der Waals surface area contributed by atoms with Crippen molar-refractivity contribution in [2.45, 2.75) is 32.6 Å². The van der Waals surface area contributed by atoms with Crippen LogP contribution in [0.5, 0.6) is 0 Å². The molecule has 0 bridgehead atoms. The third-order valence-electron chi connectivity index (χ3n) is 2.94. The molecule has 5 heteroatoms. The van der Waals surface area contributed by atoms with Crippen LogP contribution in [-0.2, 0) is 21.4 Å². The first-order valence-electron chi connectivity index (χ1n) is 5.87. The largest absolute Gasteiger partial charge is 0.481 e. The summed E-state index contributed by atoms with van der Waals surface area (Å²) in [5, 5.41) is 17.8. The van der Waals surface area contributed by atoms with Gasteiger partial charge in [-0.2, -0.15) is 0 Å². The molecule has 0 radical (unpaired) electrons. The molecule has 1 rings (SSSR count). The first-order chi connectivity index (χ1) is 8.62. The van der Waals surface area contributed by atoms with Crippen molar-refractivity contribution in [2.75, 3.05) is 0 Å². The average Bonchev–Trinajstić information content (AvgIpc) is 2.24. The number of halogens is 1. The number of carbonyl (C=O) groups is 2. The highest BCUT2D eigenvalue weighted by Crippen LogP contribution is 2.28. The molecule has 4 nitrogen and oxygen atoms in total. The Hall–Kier alpha value is -1.36. The zero-order valence-corrected chi connectivity index (χ0v) is 12.7. The Morgan fingerprint density at radius 1 is 1.21 bits per heavy atom. The molecule has 0 aliphatic heterocycles. The Balaban J connectivity index is 3.04. The minimum Gasteiger partial charge on any atom is -0.481 e. The van der Waals surface area contributed by atoms with Crippen LogP contribution in [0.1, 0.15) is 31.9 Å². The Morgan fingerprint density at radius 3 is 2.11 bits per heavy atom. The minimum absolute atomic E-state index is 0.0138. The van der Waals surface area contributed by atoms with Crippen LogP contribution in [0.2, 0.25) is 0 Å². The van der Waals surface area contributed by atoms with Gasteiger partial charge >= 0.3 is 11.9 Å². The van der Waals surface area contributed by atoms with Gasteiger partial charge in [-0.1, -0.05) is 48.8 Å². The summed E-state index contributed by atoms with van der Waals surface area (Å²) in [6, 6.07) is 5.60. The SMILES string of the molecule is CC(C)(C)c1ccc(CC(C(=O)O)C(=O)O)c(Br)c1. The van der Waals surface area contributed by atoms with E-state index >= 15 is 0 Å². The second kappa shape index (κ2) is 5.74. The third kappa shape index (κ3) is 4.06. The molecule has 0 amide bonds. The van der Waals surface area contributed by atoms with Gasteiger partial charge in [-0.05, 0) is 29.0 Å². The van der Waals surface area contributed by atoms with Crippen LogP contribution < -0.4 is 0 Å². The topological polar surface area (TPSA) is 74.6 Å². The highest BCUT2D eigenvalue weighted by atomic mass is 79.9. The molecule has 104 valence electrons. The van der Waals surface area contributed by atoms with Crippen molar-refractivity contribution < 1.29 is 19.8 Å². The Bertz CT molecular complexity index is 489. The van der Waals surface area contributed by atoms with E-state index < -0.39 is 17.9 Å². The summed E-state index contributed by atoms with van der Waals surface area (Å²) in [4.78, 5) is 21.8. The van der Waals surface area contributed by atoms with Gasteiger partial charge in [0.2, 0.25) is 0 Å². The van der Waals surface area contributed by atoms with E-state index in [0.717, 1.165) is 10.0 Å². The quantitative estimate of drug-likeness (QED) is 0.833. The van der Waals surface area contributed by atoms with Crippen LogP contribution in [-0.4, -0.2) is 22.2 Å². The maximum Gasteiger partial charge on any atom is 0.318 e. The maximum absolute atomic E-state index is 10.9. The van der Waals surface area contributed by atoms with Crippen LogP contribution in [0, 0.1) is 5.92 Å². The molecule has 0 spiro atoms. The summed E-state index contributed by atoms with van der Waals surface area (Å²) in [5.74, 6) is -4.06. The molecule has 1 aromatic rings. The fourth-order valence-corrected chi connectivity index (χ4v) is 2.22. The molecular formula is C14H17BrO4. The normalized spacial score (nSPS) is 11.6. The highest BCUT2D eigenvalue weighted by molar-refractivity contribution is 9.10. The maximum atomic E-state index is 10.9. The molecular weight excluding hydrogens is 312 g/mol. The molecule has 1 aromatic carbocycles. The number of aliphatic carboxylic acids is 2. The number of carboxylic acid groups (broad SMARTS) is 2. The lowest BCUT2D eigenvalue weighted by Gasteiger charge is -2.20.